The molecule has 3 heterocycles. The second-order valence-electron chi connectivity index (χ2n) is 10.6. The molecule has 3 aliphatic rings. The maximum absolute atomic E-state index is 12.9. The first-order chi connectivity index (χ1) is 16.3. The largest absolute Gasteiger partial charge is 0.378 e. The lowest BCUT2D eigenvalue weighted by Gasteiger charge is -2.27. The molecule has 2 unspecified atom stereocenters. The van der Waals surface area contributed by atoms with E-state index in [0.29, 0.717) is 43.2 Å². The van der Waals surface area contributed by atoms with E-state index < -0.39 is 0 Å². The zero-order valence-corrected chi connectivity index (χ0v) is 20.2. The number of rotatable bonds is 5. The predicted octanol–water partition coefficient (Wildman–Crippen LogP) is 2.76. The van der Waals surface area contributed by atoms with Crippen LogP contribution in [0.1, 0.15) is 47.2 Å². The average Bonchev–Trinajstić information content (AvgIpc) is 3.30. The van der Waals surface area contributed by atoms with E-state index in [-0.39, 0.29) is 17.2 Å². The van der Waals surface area contributed by atoms with Gasteiger partial charge in [-0.2, -0.15) is 0 Å². The molecule has 3 fully saturated rings. The van der Waals surface area contributed by atoms with Gasteiger partial charge in [-0.25, -0.2) is 4.98 Å². The average molecular weight is 462 g/mol. The highest BCUT2D eigenvalue weighted by molar-refractivity contribution is 5.94. The van der Waals surface area contributed by atoms with Gasteiger partial charge in [0.05, 0.1) is 13.2 Å². The molecule has 7 heteroatoms. The molecule has 1 saturated carbocycles. The van der Waals surface area contributed by atoms with Crippen LogP contribution in [0.2, 0.25) is 0 Å². The molecule has 1 radical (unpaired) electrons. The third-order valence-electron chi connectivity index (χ3n) is 7.38. The smallest absolute Gasteiger partial charge is 0.270 e. The molecule has 34 heavy (non-hydrogen) atoms. The number of amides is 2. The number of nitrogens with one attached hydrogen (secondary N) is 1. The van der Waals surface area contributed by atoms with Gasteiger partial charge in [-0.05, 0) is 53.0 Å². The van der Waals surface area contributed by atoms with Crippen LogP contribution in [0, 0.1) is 23.8 Å². The summed E-state index contributed by atoms with van der Waals surface area (Å²) in [5, 5.41) is 3.04. The van der Waals surface area contributed by atoms with Crippen molar-refractivity contribution in [2.75, 3.05) is 50.8 Å². The molecular weight excluding hydrogens is 428 g/mol. The number of likely N-dealkylation sites (tertiary alicyclic amines) is 1. The number of fused-ring (bicyclic) bond motifs is 1. The Morgan fingerprint density at radius 1 is 1.09 bits per heavy atom. The lowest BCUT2D eigenvalue weighted by Crippen LogP contribution is -2.37. The van der Waals surface area contributed by atoms with E-state index in [4.69, 9.17) is 4.74 Å². The van der Waals surface area contributed by atoms with Crippen LogP contribution in [0.4, 0.5) is 5.82 Å². The molecule has 7 nitrogen and oxygen atoms in total. The fourth-order valence-electron chi connectivity index (χ4n) is 5.17. The summed E-state index contributed by atoms with van der Waals surface area (Å²) in [6, 6.07) is 14.6. The van der Waals surface area contributed by atoms with E-state index in [2.05, 4.69) is 54.2 Å². The van der Waals surface area contributed by atoms with Crippen LogP contribution in [0.5, 0.6) is 0 Å². The summed E-state index contributed by atoms with van der Waals surface area (Å²) in [7, 11) is 0. The number of carbonyl (C=O) groups is 2. The molecule has 179 valence electrons. The molecule has 0 spiro atoms. The summed E-state index contributed by atoms with van der Waals surface area (Å²) in [6.45, 7) is 11.6. The van der Waals surface area contributed by atoms with Crippen LogP contribution in [0.15, 0.2) is 36.4 Å². The molecule has 1 N–H and O–H groups in total. The Morgan fingerprint density at radius 3 is 2.41 bits per heavy atom. The number of hydrogen-bond donors (Lipinski definition) is 1. The molecule has 1 aromatic heterocycles. The molecular formula is C27H33N4O3. The minimum Gasteiger partial charge on any atom is -0.378 e. The lowest BCUT2D eigenvalue weighted by molar-refractivity contribution is 0.0764. The number of benzene rings is 1. The van der Waals surface area contributed by atoms with Crippen LogP contribution in [0.3, 0.4) is 0 Å². The number of hydrogen-bond acceptors (Lipinski definition) is 5. The van der Waals surface area contributed by atoms with Crippen molar-refractivity contribution in [2.45, 2.75) is 26.2 Å². The highest BCUT2D eigenvalue weighted by Gasteiger charge is 2.56. The maximum Gasteiger partial charge on any atom is 0.270 e. The fraction of sp³-hybridized carbons (Fsp3) is 0.519. The molecule has 2 aromatic rings. The summed E-state index contributed by atoms with van der Waals surface area (Å²) in [6.07, 6.45) is 0. The van der Waals surface area contributed by atoms with Gasteiger partial charge in [-0.15, -0.1) is 0 Å². The topological polar surface area (TPSA) is 74.8 Å². The molecule has 2 saturated heterocycles. The Kier molecular flexibility index (Phi) is 6.06. The first-order valence-electron chi connectivity index (χ1n) is 12.2. The van der Waals surface area contributed by atoms with E-state index in [1.807, 2.05) is 23.1 Å². The Morgan fingerprint density at radius 2 is 1.76 bits per heavy atom. The number of morpholine rings is 1. The third kappa shape index (κ3) is 4.67. The quantitative estimate of drug-likeness (QED) is 0.741. The summed E-state index contributed by atoms with van der Waals surface area (Å²) in [4.78, 5) is 34.2. The first-order valence-corrected chi connectivity index (χ1v) is 12.2. The SMILES string of the molecule is CC(C)(C)c1ccc(C(=O)N2CC3C(CNC(=O)c4[c]ccc(N5CCOCC5)n4)C3C2)cc1. The van der Waals surface area contributed by atoms with Crippen molar-refractivity contribution in [1.29, 1.82) is 0 Å². The number of piperidine rings is 1. The molecule has 1 aromatic carbocycles. The molecule has 5 rings (SSSR count). The standard InChI is InChI=1S/C27H33N4O3/c1-27(2,3)19-9-7-18(8-10-19)26(33)31-16-21-20(22(21)17-31)15-28-25(32)23-5-4-6-24(29-23)30-11-13-34-14-12-30/h4,6-10,20-22H,11-17H2,1-3H3,(H,28,32). The van der Waals surface area contributed by atoms with Crippen molar-refractivity contribution < 1.29 is 14.3 Å². The number of aromatic nitrogens is 1. The van der Waals surface area contributed by atoms with Gasteiger partial charge >= 0.3 is 0 Å². The predicted molar refractivity (Wildman–Crippen MR) is 130 cm³/mol. The van der Waals surface area contributed by atoms with Crippen molar-refractivity contribution in [3.63, 3.8) is 0 Å². The van der Waals surface area contributed by atoms with Crippen LogP contribution in [0.25, 0.3) is 0 Å². The normalized spacial score (nSPS) is 24.0. The second kappa shape index (κ2) is 9.02. The summed E-state index contributed by atoms with van der Waals surface area (Å²) < 4.78 is 5.39. The Balaban J connectivity index is 1.11. The van der Waals surface area contributed by atoms with Crippen LogP contribution >= 0.6 is 0 Å². The number of anilines is 1. The highest BCUT2D eigenvalue weighted by Crippen LogP contribution is 2.51. The van der Waals surface area contributed by atoms with Crippen LogP contribution < -0.4 is 10.2 Å². The molecule has 2 amide bonds. The Labute approximate surface area is 201 Å². The summed E-state index contributed by atoms with van der Waals surface area (Å²) in [5.41, 5.74) is 2.38. The highest BCUT2D eigenvalue weighted by atomic mass is 16.5. The first kappa shape index (κ1) is 22.8. The maximum atomic E-state index is 12.9. The zero-order valence-electron chi connectivity index (χ0n) is 20.2. The number of ether oxygens (including phenoxy) is 1. The van der Waals surface area contributed by atoms with Gasteiger partial charge in [0.15, 0.2) is 0 Å². The van der Waals surface area contributed by atoms with Gasteiger partial charge in [0.2, 0.25) is 0 Å². The zero-order chi connectivity index (χ0) is 23.9. The molecule has 2 atom stereocenters. The molecule has 0 bridgehead atoms. The second-order valence-corrected chi connectivity index (χ2v) is 10.6. The molecule has 1 aliphatic carbocycles. The Hall–Kier alpha value is -2.93. The van der Waals surface area contributed by atoms with Crippen molar-refractivity contribution in [2.24, 2.45) is 17.8 Å². The van der Waals surface area contributed by atoms with E-state index >= 15 is 0 Å². The van der Waals surface area contributed by atoms with E-state index in [1.54, 1.807) is 6.07 Å². The van der Waals surface area contributed by atoms with Crippen LogP contribution in [-0.4, -0.2) is 67.6 Å². The van der Waals surface area contributed by atoms with E-state index in [1.165, 1.54) is 5.56 Å². The number of nitrogens with zero attached hydrogens (tertiary/aromatic N) is 3. The van der Waals surface area contributed by atoms with Crippen LogP contribution in [-0.2, 0) is 10.2 Å². The lowest BCUT2D eigenvalue weighted by atomic mass is 9.86. The van der Waals surface area contributed by atoms with Gasteiger partial charge in [-0.3, -0.25) is 9.59 Å². The molecule has 2 aliphatic heterocycles. The summed E-state index contributed by atoms with van der Waals surface area (Å²) in [5.74, 6) is 2.07. The van der Waals surface area contributed by atoms with Crippen molar-refractivity contribution in [1.82, 2.24) is 15.2 Å². The third-order valence-corrected chi connectivity index (χ3v) is 7.38. The van der Waals surface area contributed by atoms with Gasteiger partial charge < -0.3 is 19.9 Å². The fourth-order valence-corrected chi connectivity index (χ4v) is 5.17. The minimum atomic E-state index is -0.188. The minimum absolute atomic E-state index is 0.0750. The van der Waals surface area contributed by atoms with Gasteiger partial charge in [-0.1, -0.05) is 32.9 Å². The van der Waals surface area contributed by atoms with E-state index in [9.17, 15) is 9.59 Å². The summed E-state index contributed by atoms with van der Waals surface area (Å²) >= 11 is 0. The van der Waals surface area contributed by atoms with E-state index in [0.717, 1.165) is 37.6 Å². The van der Waals surface area contributed by atoms with Gasteiger partial charge in [0.1, 0.15) is 11.5 Å². The van der Waals surface area contributed by atoms with Crippen molar-refractivity contribution in [3.05, 3.63) is 59.3 Å². The monoisotopic (exact) mass is 461 g/mol. The van der Waals surface area contributed by atoms with Gasteiger partial charge in [0, 0.05) is 44.4 Å². The van der Waals surface area contributed by atoms with Gasteiger partial charge in [0.25, 0.3) is 11.8 Å². The number of pyridine rings is 1. The number of carbonyl (C=O) groups excluding carboxylic acids is 2. The van der Waals surface area contributed by atoms with Crippen molar-refractivity contribution >= 4 is 17.6 Å². The van der Waals surface area contributed by atoms with Crippen molar-refractivity contribution in [3.8, 4) is 0 Å². The Bertz CT molecular complexity index is 1040.